The minimum atomic E-state index is -0.728. The molecule has 2 nitrogen and oxygen atoms in total. The van der Waals surface area contributed by atoms with Crippen molar-refractivity contribution in [2.24, 2.45) is 5.92 Å². The predicted molar refractivity (Wildman–Crippen MR) is 128 cm³/mol. The van der Waals surface area contributed by atoms with Crippen LogP contribution in [0.15, 0.2) is 66.8 Å². The summed E-state index contributed by atoms with van der Waals surface area (Å²) in [6.07, 6.45) is 11.1. The average Bonchev–Trinajstić information content (AvgIpc) is 2.72. The monoisotopic (exact) mass is 609 g/mol. The van der Waals surface area contributed by atoms with Gasteiger partial charge in [-0.2, -0.15) is 0 Å². The van der Waals surface area contributed by atoms with Crippen LogP contribution >= 0.6 is 22.6 Å². The maximum atomic E-state index is 12.6. The predicted octanol–water partition coefficient (Wildman–Crippen LogP) is 4.11. The molecule has 1 aromatic carbocycles. The van der Waals surface area contributed by atoms with Crippen molar-refractivity contribution in [2.45, 2.75) is 50.9 Å². The number of allylic oxidation sites excluding steroid dienone is 5. The summed E-state index contributed by atoms with van der Waals surface area (Å²) < 4.78 is 0.425. The number of hydrogen-bond acceptors (Lipinski definition) is 2. The van der Waals surface area contributed by atoms with E-state index in [2.05, 4.69) is 61.2 Å². The van der Waals surface area contributed by atoms with E-state index >= 15 is 0 Å². The van der Waals surface area contributed by atoms with E-state index in [0.29, 0.717) is 16.6 Å². The Hall–Kier alpha value is -0.760. The van der Waals surface area contributed by atoms with Gasteiger partial charge in [-0.3, -0.25) is 0 Å². The van der Waals surface area contributed by atoms with Gasteiger partial charge in [-0.15, -0.1) is 0 Å². The molecule has 158 valence electrons. The first-order valence-corrected chi connectivity index (χ1v) is 14.0. The second-order valence-corrected chi connectivity index (χ2v) is 8.87. The second kappa shape index (κ2) is 21.0. The molecule has 2 unspecified atom stereocenters. The number of alkyl halides is 2. The van der Waals surface area contributed by atoms with E-state index in [1.807, 2.05) is 49.1 Å². The SMILES string of the molecule is C=C/C=C(\C=C/C)C([I-]C(=O)C(C)CCC=O)c1ccccc1.CCC.CI. The molecule has 0 aliphatic carbocycles. The Bertz CT molecular complexity index is 592. The summed E-state index contributed by atoms with van der Waals surface area (Å²) in [4.78, 5) is 25.1. The summed E-state index contributed by atoms with van der Waals surface area (Å²) in [5, 5.41) is 0. The number of carbonyl (C=O) groups is 2. The van der Waals surface area contributed by atoms with E-state index in [4.69, 9.17) is 0 Å². The van der Waals surface area contributed by atoms with Crippen molar-refractivity contribution in [3.8, 4) is 0 Å². The van der Waals surface area contributed by atoms with Crippen LogP contribution in [-0.2, 0) is 9.59 Å². The minimum absolute atomic E-state index is 0.0465. The van der Waals surface area contributed by atoms with Crippen LogP contribution in [0.3, 0.4) is 0 Å². The van der Waals surface area contributed by atoms with Gasteiger partial charge in [0.15, 0.2) is 0 Å². The van der Waals surface area contributed by atoms with Crippen molar-refractivity contribution in [1.29, 1.82) is 0 Å². The molecule has 1 rings (SSSR count). The molecule has 0 aromatic heterocycles. The summed E-state index contributed by atoms with van der Waals surface area (Å²) in [6, 6.07) is 10.2. The third-order valence-electron chi connectivity index (χ3n) is 3.38. The van der Waals surface area contributed by atoms with Crippen molar-refractivity contribution in [1.82, 2.24) is 0 Å². The van der Waals surface area contributed by atoms with Crippen molar-refractivity contribution < 1.29 is 30.8 Å². The fourth-order valence-electron chi connectivity index (χ4n) is 2.14. The number of aldehydes is 1. The van der Waals surface area contributed by atoms with Gasteiger partial charge in [0.2, 0.25) is 0 Å². The zero-order chi connectivity index (χ0) is 21.8. The Morgan fingerprint density at radius 2 is 1.79 bits per heavy atom. The second-order valence-electron chi connectivity index (χ2n) is 5.94. The number of rotatable bonds is 10. The van der Waals surface area contributed by atoms with Gasteiger partial charge in [0.05, 0.1) is 0 Å². The summed E-state index contributed by atoms with van der Waals surface area (Å²) in [5.41, 5.74) is 2.29. The molecular weight excluding hydrogens is 574 g/mol. The molecular formula is C24H35I2O2-. The Morgan fingerprint density at radius 3 is 2.25 bits per heavy atom. The van der Waals surface area contributed by atoms with Gasteiger partial charge in [-0.1, -0.05) is 42.9 Å². The Balaban J connectivity index is 0. The fourth-order valence-corrected chi connectivity index (χ4v) is 5.23. The van der Waals surface area contributed by atoms with Crippen LogP contribution in [-0.4, -0.2) is 15.0 Å². The van der Waals surface area contributed by atoms with Crippen molar-refractivity contribution in [3.63, 3.8) is 0 Å². The summed E-state index contributed by atoms with van der Waals surface area (Å²) >= 11 is 1.42. The van der Waals surface area contributed by atoms with Crippen LogP contribution in [0.25, 0.3) is 0 Å². The van der Waals surface area contributed by atoms with E-state index in [0.717, 1.165) is 11.9 Å². The Morgan fingerprint density at radius 1 is 1.21 bits per heavy atom. The normalized spacial score (nSPS) is 12.9. The van der Waals surface area contributed by atoms with E-state index < -0.39 is 21.2 Å². The van der Waals surface area contributed by atoms with Gasteiger partial charge >= 0.3 is 150 Å². The van der Waals surface area contributed by atoms with Crippen LogP contribution in [0.2, 0.25) is 0 Å². The maximum Gasteiger partial charge on any atom is -0.0121 e. The third kappa shape index (κ3) is 13.4. The Kier molecular flexibility index (Phi) is 22.0. The molecule has 0 aliphatic heterocycles. The van der Waals surface area contributed by atoms with Gasteiger partial charge in [0.1, 0.15) is 0 Å². The largest absolute Gasteiger partial charge is 0.0901 e. The molecule has 0 spiro atoms. The molecule has 0 amide bonds. The van der Waals surface area contributed by atoms with Gasteiger partial charge in [0.25, 0.3) is 0 Å². The molecule has 0 radical (unpaired) electrons. The molecule has 2 atom stereocenters. The first-order chi connectivity index (χ1) is 13.5. The molecule has 0 saturated carbocycles. The van der Waals surface area contributed by atoms with E-state index in [9.17, 15) is 9.59 Å². The van der Waals surface area contributed by atoms with E-state index in [1.165, 1.54) is 12.0 Å². The maximum absolute atomic E-state index is 12.6. The van der Waals surface area contributed by atoms with Crippen molar-refractivity contribution in [3.05, 3.63) is 72.4 Å². The van der Waals surface area contributed by atoms with E-state index in [-0.39, 0.29) is 9.84 Å². The van der Waals surface area contributed by atoms with Crippen LogP contribution in [0.1, 0.15) is 56.4 Å². The summed E-state index contributed by atoms with van der Waals surface area (Å²) in [6.45, 7) is 12.0. The van der Waals surface area contributed by atoms with Crippen LogP contribution in [0.4, 0.5) is 0 Å². The third-order valence-corrected chi connectivity index (χ3v) is 7.11. The van der Waals surface area contributed by atoms with Gasteiger partial charge < -0.3 is 0 Å². The summed E-state index contributed by atoms with van der Waals surface area (Å²) in [7, 11) is 0. The van der Waals surface area contributed by atoms with Crippen LogP contribution in [0.5, 0.6) is 0 Å². The van der Waals surface area contributed by atoms with Crippen LogP contribution in [0, 0.1) is 5.92 Å². The minimum Gasteiger partial charge on any atom is -0.0901 e. The molecule has 0 aliphatic rings. The number of hydrogen-bond donors (Lipinski definition) is 0. The molecule has 0 bridgehead atoms. The smallest absolute Gasteiger partial charge is 0.0121 e. The summed E-state index contributed by atoms with van der Waals surface area (Å²) in [5.74, 6) is -0.0465. The van der Waals surface area contributed by atoms with Crippen molar-refractivity contribution in [2.75, 3.05) is 4.93 Å². The van der Waals surface area contributed by atoms with Crippen LogP contribution < -0.4 is 21.2 Å². The molecule has 4 heteroatoms. The quantitative estimate of drug-likeness (QED) is 0.132. The average molecular weight is 609 g/mol. The zero-order valence-corrected chi connectivity index (χ0v) is 22.1. The van der Waals surface area contributed by atoms with E-state index in [1.54, 1.807) is 6.08 Å². The van der Waals surface area contributed by atoms with Crippen molar-refractivity contribution >= 4 is 32.7 Å². The molecule has 0 fully saturated rings. The number of halogens is 2. The number of benzene rings is 1. The first kappa shape index (κ1) is 29.4. The van der Waals surface area contributed by atoms with Gasteiger partial charge in [-0.05, 0) is 4.93 Å². The molecule has 0 heterocycles. The fraction of sp³-hybridized carbons (Fsp3) is 0.417. The molecule has 0 saturated heterocycles. The zero-order valence-electron chi connectivity index (χ0n) is 17.8. The van der Waals surface area contributed by atoms with Gasteiger partial charge in [-0.25, -0.2) is 0 Å². The van der Waals surface area contributed by atoms with Gasteiger partial charge in [0, 0.05) is 0 Å². The standard InChI is InChI=1S/C20H24IO2.C3H8.CH3I/c1-4-10-17(11-5-2)19(18-13-7-6-8-14-18)21-20(23)16(3)12-9-15-22;1-3-2;1-2/h4-8,10-11,13-16,19H,1,9,12H2,2-3H3;3H2,1-2H3;1H3/q-1;;/b11-5-,17-10+;;. The molecule has 0 N–H and O–H groups in total. The topological polar surface area (TPSA) is 34.1 Å². The Labute approximate surface area is 196 Å². The first-order valence-electron chi connectivity index (χ1n) is 9.54. The number of carbonyl (C=O) groups excluding carboxylic acids is 2. The molecule has 1 aromatic rings. The molecule has 28 heavy (non-hydrogen) atoms.